The van der Waals surface area contributed by atoms with Gasteiger partial charge in [0.15, 0.2) is 0 Å². The van der Waals surface area contributed by atoms with Crippen molar-refractivity contribution in [1.29, 1.82) is 0 Å². The normalized spacial score (nSPS) is 13.0. The topological polar surface area (TPSA) is 81.7 Å². The van der Waals surface area contributed by atoms with Gasteiger partial charge in [0.2, 0.25) is 0 Å². The summed E-state index contributed by atoms with van der Waals surface area (Å²) < 4.78 is 12.7. The summed E-state index contributed by atoms with van der Waals surface area (Å²) in [6, 6.07) is 46.9. The average Bonchev–Trinajstić information content (AvgIpc) is 4.08. The van der Waals surface area contributed by atoms with Crippen LogP contribution in [-0.2, 0) is 27.0 Å². The van der Waals surface area contributed by atoms with Gasteiger partial charge in [-0.1, -0.05) is 70.8 Å². The number of rotatable bonds is 11. The van der Waals surface area contributed by atoms with Crippen LogP contribution in [0.25, 0.3) is 0 Å². The van der Waals surface area contributed by atoms with Crippen molar-refractivity contribution in [2.45, 2.75) is 83.1 Å². The van der Waals surface area contributed by atoms with E-state index in [-0.39, 0.29) is 5.69 Å². The Balaban J connectivity index is 0.000000162. The number of nitro groups is 1. The number of nitro benzene ring substituents is 1. The number of hydrogen-bond acceptors (Lipinski definition) is 6. The molecule has 0 bridgehead atoms. The van der Waals surface area contributed by atoms with Crippen LogP contribution in [-0.4, -0.2) is 49.8 Å². The molecule has 2 aliphatic heterocycles. The number of halogens is 5. The molecule has 2 aliphatic rings. The molecule has 0 spiro atoms. The number of nitrogens with zero attached hydrogens (tertiary/aromatic N) is 5. The Labute approximate surface area is 528 Å². The van der Waals surface area contributed by atoms with E-state index in [4.69, 9.17) is 50.4 Å². The zero-order valence-corrected chi connectivity index (χ0v) is 56.8. The van der Waals surface area contributed by atoms with Crippen molar-refractivity contribution < 1.29 is 41.4 Å². The zero-order chi connectivity index (χ0) is 60.9. The number of aromatic hydroxyl groups is 4. The summed E-state index contributed by atoms with van der Waals surface area (Å²) in [4.78, 5) is 19.8. The Bertz CT molecular complexity index is 3330. The van der Waals surface area contributed by atoms with E-state index in [1.54, 1.807) is 12.1 Å². The number of para-hydroxylation sites is 2. The summed E-state index contributed by atoms with van der Waals surface area (Å²) in [6.45, 7) is 35.1. The van der Waals surface area contributed by atoms with Gasteiger partial charge in [-0.15, -0.1) is 0 Å². The molecule has 2 N–H and O–H groups in total. The number of anilines is 4. The molecule has 10 rings (SSSR count). The Morgan fingerprint density at radius 2 is 0.690 bits per heavy atom. The van der Waals surface area contributed by atoms with Gasteiger partial charge in [-0.3, -0.25) is 0 Å². The molecule has 84 heavy (non-hydrogen) atoms. The summed E-state index contributed by atoms with van der Waals surface area (Å²) in [5, 5.41) is 11.3. The quantitative estimate of drug-likeness (QED) is 0.0422. The molecule has 8 aromatic rings. The van der Waals surface area contributed by atoms with Crippen LogP contribution >= 0.6 is 50.4 Å². The van der Waals surface area contributed by atoms with Crippen molar-refractivity contribution in [2.24, 2.45) is 0 Å². The van der Waals surface area contributed by atoms with Gasteiger partial charge in [-0.2, -0.15) is 13.3 Å². The molecule has 2 heterocycles. The molecule has 0 aromatic heterocycles. The summed E-state index contributed by atoms with van der Waals surface area (Å²) in [6.07, 6.45) is 0. The van der Waals surface area contributed by atoms with Gasteiger partial charge in [0.05, 0.1) is 0 Å². The molecule has 0 aliphatic carbocycles. The summed E-state index contributed by atoms with van der Waals surface area (Å²) in [5.74, 6) is 3.09. The van der Waals surface area contributed by atoms with Crippen LogP contribution in [0.2, 0.25) is 5.02 Å². The van der Waals surface area contributed by atoms with E-state index < -0.39 is 32.0 Å². The van der Waals surface area contributed by atoms with E-state index in [9.17, 15) is 10.1 Å². The first kappa shape index (κ1) is 65.9. The second-order valence-electron chi connectivity index (χ2n) is 21.2. The van der Waals surface area contributed by atoms with Crippen molar-refractivity contribution in [2.75, 3.05) is 45.8 Å². The molecule has 9 nitrogen and oxygen atoms in total. The van der Waals surface area contributed by atoms with Gasteiger partial charge in [-0.25, -0.2) is 0 Å². The number of aryl methyl sites for hydroxylation is 12. The predicted molar refractivity (Wildman–Crippen MR) is 354 cm³/mol. The summed E-state index contributed by atoms with van der Waals surface area (Å²) in [7, 11) is 23.6. The van der Waals surface area contributed by atoms with E-state index in [0.29, 0.717) is 10.8 Å². The molecular weight excluding hydrogens is 1330 g/mol. The van der Waals surface area contributed by atoms with Crippen molar-refractivity contribution in [3.8, 4) is 23.0 Å². The Hall–Kier alpha value is -5.60. The molecule has 16 heteroatoms. The summed E-state index contributed by atoms with van der Waals surface area (Å²) in [5.41, 5.74) is 23.6. The SMILES string of the molecule is Cc1cc(C)c(N2[CH-]N(c3c(C)cc(C)cc3C)CC2)c(C)c1.Cc1cc(C)c(N2[CH-]N(c3c(C)cc(C)cc3C)CC2)c(C)c1.Clc1ccc([OH+]c2ccccc2[CH]=[Ru]([Cl])[Cl])cc1.O=[N+]([O-])c1ccc([OH+]c2ccccc2[CH]=[Ru]([Cl])[Cl])cc1. The van der Waals surface area contributed by atoms with Gasteiger partial charge in [-0.05, 0) is 128 Å². The minimum atomic E-state index is -1.92. The third-order valence-corrected chi connectivity index (χ3v) is 18.0. The molecule has 0 radical (unpaired) electrons. The van der Waals surface area contributed by atoms with Crippen LogP contribution in [0.1, 0.15) is 77.9 Å². The van der Waals surface area contributed by atoms with Gasteiger partial charge < -0.3 is 19.6 Å². The van der Waals surface area contributed by atoms with Crippen LogP contribution in [0.4, 0.5) is 28.4 Å². The van der Waals surface area contributed by atoms with Gasteiger partial charge in [0.1, 0.15) is 0 Å². The summed E-state index contributed by atoms with van der Waals surface area (Å²) >= 11 is 2.07. The first-order valence-electron chi connectivity index (χ1n) is 27.3. The van der Waals surface area contributed by atoms with Crippen molar-refractivity contribution in [3.63, 3.8) is 0 Å². The fraction of sp³-hybridized carbons (Fsp3) is 0.235. The molecule has 2 saturated heterocycles. The van der Waals surface area contributed by atoms with Gasteiger partial charge in [0, 0.05) is 48.9 Å². The minimum absolute atomic E-state index is 0.0398. The van der Waals surface area contributed by atoms with E-state index in [1.165, 1.54) is 102 Å². The first-order valence-corrected chi connectivity index (χ1v) is 38.6. The molecule has 8 aromatic carbocycles. The van der Waals surface area contributed by atoms with Crippen molar-refractivity contribution in [1.82, 2.24) is 0 Å². The fourth-order valence-electron chi connectivity index (χ4n) is 11.1. The monoisotopic (exact) mass is 1400 g/mol. The Morgan fingerprint density at radius 1 is 0.429 bits per heavy atom. The van der Waals surface area contributed by atoms with Crippen LogP contribution < -0.4 is 19.6 Å². The van der Waals surface area contributed by atoms with Crippen LogP contribution in [0, 0.1) is 107 Å². The molecule has 2 fully saturated rings. The molecule has 446 valence electrons. The van der Waals surface area contributed by atoms with Crippen molar-refractivity contribution in [3.05, 3.63) is 252 Å². The van der Waals surface area contributed by atoms with Gasteiger partial charge in [0.25, 0.3) is 0 Å². The van der Waals surface area contributed by atoms with Gasteiger partial charge >= 0.3 is 253 Å². The third kappa shape index (κ3) is 18.2. The van der Waals surface area contributed by atoms with E-state index in [2.05, 4.69) is 174 Å². The first-order chi connectivity index (χ1) is 39.9. The Morgan fingerprint density at radius 3 is 0.952 bits per heavy atom. The molecular formula is C68H74Cl5N5O4Ru2. The molecule has 0 unspecified atom stereocenters. The predicted octanol–water partition coefficient (Wildman–Crippen LogP) is 19.4. The Kier molecular flexibility index (Phi) is 24.1. The second-order valence-corrected chi connectivity index (χ2v) is 33.1. The number of non-ortho nitro benzene ring substituents is 1. The van der Waals surface area contributed by atoms with Crippen LogP contribution in [0.15, 0.2) is 146 Å². The number of ether oxygens (including phenoxy) is 2. The zero-order valence-electron chi connectivity index (χ0n) is 49.5. The molecule has 0 atom stereocenters. The standard InChI is InChI=1S/2C21H27N2.C13H9ClO.C13H9NO3.4ClH.2Ru/c2*1-14-9-16(3)20(17(4)10-14)22-7-8-23(13-22)21-18(5)11-15(2)12-19(21)6;1-10-4-2-3-5-13(10)15-12-8-6-11(14)7-9-12;1-10-4-2-3-5-13(10)17-12-8-6-11(7-9-12)14(15)16;;;;;;/h2*9-13H,7-8H2,1-6H3;1-9H;1-9H;4*1H;;/q2*-1;;;;;;;2*+2/p-2. The number of hydrogen-bond donors (Lipinski definition) is 0. The van der Waals surface area contributed by atoms with E-state index in [0.717, 1.165) is 54.6 Å². The van der Waals surface area contributed by atoms with Crippen LogP contribution in [0.5, 0.6) is 23.0 Å². The molecule has 0 amide bonds. The second kappa shape index (κ2) is 30.7. The molecule has 0 saturated carbocycles. The van der Waals surface area contributed by atoms with E-state index >= 15 is 0 Å². The van der Waals surface area contributed by atoms with Crippen LogP contribution in [0.3, 0.4) is 0 Å². The maximum atomic E-state index is 10.6. The maximum absolute atomic E-state index is 10.6. The average molecular weight is 1400 g/mol. The van der Waals surface area contributed by atoms with E-state index in [1.807, 2.05) is 82.0 Å². The fourth-order valence-corrected chi connectivity index (χ4v) is 14.9. The van der Waals surface area contributed by atoms with Crippen molar-refractivity contribution >= 4 is 88.0 Å². The number of benzene rings is 8. The third-order valence-electron chi connectivity index (χ3n) is 14.0.